The summed E-state index contributed by atoms with van der Waals surface area (Å²) in [6, 6.07) is 2.49. The van der Waals surface area contributed by atoms with Crippen LogP contribution < -0.4 is 5.32 Å². The molecule has 2 aliphatic carbocycles. The van der Waals surface area contributed by atoms with Crippen molar-refractivity contribution in [2.75, 3.05) is 6.61 Å². The van der Waals surface area contributed by atoms with E-state index in [1.165, 1.54) is 31.2 Å². The second-order valence-electron chi connectivity index (χ2n) is 6.86. The third-order valence-corrected chi connectivity index (χ3v) is 6.56. The summed E-state index contributed by atoms with van der Waals surface area (Å²) in [7, 11) is 0. The smallest absolute Gasteiger partial charge is 0.220 e. The standard InChI is InChI=1S/C17H23NO2S/c19-14(4-3-12-6-10-21-11-12)18-15-13-5-9-20-16(13)17(15)7-1-2-8-17/h6,10-11,13,15-16H,1-5,7-9H2,(H,18,19)/t13-,15+,16-/m0/s1. The number of fused-ring (bicyclic) bond motifs is 2. The number of thiophene rings is 1. The largest absolute Gasteiger partial charge is 0.377 e. The molecule has 3 aliphatic rings. The first-order valence-electron chi connectivity index (χ1n) is 8.22. The van der Waals surface area contributed by atoms with Gasteiger partial charge in [-0.05, 0) is 48.1 Å². The molecule has 1 spiro atoms. The van der Waals surface area contributed by atoms with E-state index in [-0.39, 0.29) is 11.3 Å². The van der Waals surface area contributed by atoms with E-state index in [1.54, 1.807) is 11.3 Å². The number of ether oxygens (including phenoxy) is 1. The molecule has 3 nitrogen and oxygen atoms in total. The Bertz CT molecular complexity index is 507. The van der Waals surface area contributed by atoms with Crippen molar-refractivity contribution in [2.45, 2.75) is 57.1 Å². The quantitative estimate of drug-likeness (QED) is 0.928. The van der Waals surface area contributed by atoms with Crippen LogP contribution in [0.4, 0.5) is 0 Å². The molecule has 1 N–H and O–H groups in total. The van der Waals surface area contributed by atoms with Crippen LogP contribution in [0.1, 0.15) is 44.1 Å². The number of aryl methyl sites for hydroxylation is 1. The van der Waals surface area contributed by atoms with Crippen LogP contribution in [0.5, 0.6) is 0 Å². The van der Waals surface area contributed by atoms with E-state index >= 15 is 0 Å². The molecule has 0 bridgehead atoms. The van der Waals surface area contributed by atoms with Gasteiger partial charge in [-0.15, -0.1) is 0 Å². The van der Waals surface area contributed by atoms with Gasteiger partial charge in [0.25, 0.3) is 0 Å². The Balaban J connectivity index is 1.38. The Morgan fingerprint density at radius 3 is 3.05 bits per heavy atom. The fraction of sp³-hybridized carbons (Fsp3) is 0.706. The first-order valence-corrected chi connectivity index (χ1v) is 9.16. The van der Waals surface area contributed by atoms with Crippen LogP contribution in [0.15, 0.2) is 16.8 Å². The van der Waals surface area contributed by atoms with E-state index in [4.69, 9.17) is 4.74 Å². The minimum Gasteiger partial charge on any atom is -0.377 e. The van der Waals surface area contributed by atoms with E-state index in [2.05, 4.69) is 22.1 Å². The first kappa shape index (κ1) is 13.8. The molecule has 1 saturated heterocycles. The molecule has 2 saturated carbocycles. The van der Waals surface area contributed by atoms with Gasteiger partial charge in [-0.1, -0.05) is 12.8 Å². The van der Waals surface area contributed by atoms with Crippen molar-refractivity contribution in [3.05, 3.63) is 22.4 Å². The molecule has 1 aliphatic heterocycles. The fourth-order valence-electron chi connectivity index (χ4n) is 4.84. The van der Waals surface area contributed by atoms with Gasteiger partial charge in [-0.3, -0.25) is 4.79 Å². The summed E-state index contributed by atoms with van der Waals surface area (Å²) in [5.41, 5.74) is 1.56. The van der Waals surface area contributed by atoms with Crippen LogP contribution in [-0.4, -0.2) is 24.7 Å². The summed E-state index contributed by atoms with van der Waals surface area (Å²) in [5, 5.41) is 7.58. The summed E-state index contributed by atoms with van der Waals surface area (Å²) in [5.74, 6) is 0.802. The van der Waals surface area contributed by atoms with Gasteiger partial charge in [0.05, 0.1) is 6.10 Å². The third kappa shape index (κ3) is 2.23. The highest BCUT2D eigenvalue weighted by atomic mass is 32.1. The first-order chi connectivity index (χ1) is 10.3. The highest BCUT2D eigenvalue weighted by molar-refractivity contribution is 7.07. The van der Waals surface area contributed by atoms with Crippen molar-refractivity contribution in [2.24, 2.45) is 11.3 Å². The van der Waals surface area contributed by atoms with Crippen LogP contribution in [0.25, 0.3) is 0 Å². The van der Waals surface area contributed by atoms with Gasteiger partial charge in [0.15, 0.2) is 0 Å². The summed E-state index contributed by atoms with van der Waals surface area (Å²) in [6.07, 6.45) is 8.11. The van der Waals surface area contributed by atoms with Crippen molar-refractivity contribution >= 4 is 17.2 Å². The zero-order valence-electron chi connectivity index (χ0n) is 12.3. The third-order valence-electron chi connectivity index (χ3n) is 5.82. The Morgan fingerprint density at radius 1 is 1.43 bits per heavy atom. The van der Waals surface area contributed by atoms with Gasteiger partial charge in [0.2, 0.25) is 5.91 Å². The van der Waals surface area contributed by atoms with Gasteiger partial charge < -0.3 is 10.1 Å². The van der Waals surface area contributed by atoms with Gasteiger partial charge in [-0.2, -0.15) is 11.3 Å². The highest BCUT2D eigenvalue weighted by Crippen LogP contribution is 2.60. The molecular formula is C17H23NO2S. The van der Waals surface area contributed by atoms with Crippen molar-refractivity contribution in [3.63, 3.8) is 0 Å². The van der Waals surface area contributed by atoms with Crippen LogP contribution >= 0.6 is 11.3 Å². The van der Waals surface area contributed by atoms with E-state index in [9.17, 15) is 4.79 Å². The number of carbonyl (C=O) groups excluding carboxylic acids is 1. The van der Waals surface area contributed by atoms with E-state index in [0.29, 0.717) is 24.5 Å². The average Bonchev–Trinajstić information content (AvgIpc) is 3.22. The van der Waals surface area contributed by atoms with Crippen molar-refractivity contribution < 1.29 is 9.53 Å². The van der Waals surface area contributed by atoms with Gasteiger partial charge in [-0.25, -0.2) is 0 Å². The molecular weight excluding hydrogens is 282 g/mol. The summed E-state index contributed by atoms with van der Waals surface area (Å²) in [4.78, 5) is 12.3. The molecule has 3 fully saturated rings. The van der Waals surface area contributed by atoms with E-state index in [1.807, 2.05) is 0 Å². The minimum absolute atomic E-state index is 0.225. The molecule has 0 unspecified atom stereocenters. The molecule has 0 radical (unpaired) electrons. The molecule has 0 aromatic carbocycles. The molecule has 4 rings (SSSR count). The molecule has 1 aromatic rings. The second-order valence-corrected chi connectivity index (χ2v) is 7.64. The van der Waals surface area contributed by atoms with Crippen LogP contribution in [0.3, 0.4) is 0 Å². The number of hydrogen-bond acceptors (Lipinski definition) is 3. The summed E-state index contributed by atoms with van der Waals surface area (Å²) in [6.45, 7) is 0.887. The number of carbonyl (C=O) groups is 1. The average molecular weight is 305 g/mol. The molecule has 1 amide bonds. The predicted molar refractivity (Wildman–Crippen MR) is 83.3 cm³/mol. The topological polar surface area (TPSA) is 38.3 Å². The van der Waals surface area contributed by atoms with Gasteiger partial charge >= 0.3 is 0 Å². The van der Waals surface area contributed by atoms with Crippen LogP contribution in [0, 0.1) is 11.3 Å². The molecule has 21 heavy (non-hydrogen) atoms. The van der Waals surface area contributed by atoms with Crippen LogP contribution in [0.2, 0.25) is 0 Å². The van der Waals surface area contributed by atoms with Crippen LogP contribution in [-0.2, 0) is 16.0 Å². The minimum atomic E-state index is 0.225. The van der Waals surface area contributed by atoms with Gasteiger partial charge in [0, 0.05) is 30.4 Å². The zero-order chi connectivity index (χ0) is 14.3. The molecule has 114 valence electrons. The van der Waals surface area contributed by atoms with E-state index in [0.717, 1.165) is 19.4 Å². The Morgan fingerprint density at radius 2 is 2.29 bits per heavy atom. The Labute approximate surface area is 130 Å². The lowest BCUT2D eigenvalue weighted by Gasteiger charge is -2.56. The van der Waals surface area contributed by atoms with Crippen molar-refractivity contribution in [3.8, 4) is 0 Å². The molecule has 2 heterocycles. The molecule has 4 heteroatoms. The highest BCUT2D eigenvalue weighted by Gasteiger charge is 2.65. The monoisotopic (exact) mass is 305 g/mol. The number of nitrogens with one attached hydrogen (secondary N) is 1. The van der Waals surface area contributed by atoms with Crippen molar-refractivity contribution in [1.29, 1.82) is 0 Å². The summed E-state index contributed by atoms with van der Waals surface area (Å²) < 4.78 is 5.97. The lowest BCUT2D eigenvalue weighted by Crippen LogP contribution is -2.68. The second kappa shape index (κ2) is 5.40. The Kier molecular flexibility index (Phi) is 3.54. The maximum absolute atomic E-state index is 12.3. The number of hydrogen-bond donors (Lipinski definition) is 1. The molecule has 3 atom stereocenters. The van der Waals surface area contributed by atoms with Crippen molar-refractivity contribution in [1.82, 2.24) is 5.32 Å². The normalized spacial score (nSPS) is 32.9. The SMILES string of the molecule is O=C(CCc1ccsc1)N[C@@H]1[C@@H]2CCO[C@@H]2C12CCCC2. The van der Waals surface area contributed by atoms with Gasteiger partial charge in [0.1, 0.15) is 0 Å². The lowest BCUT2D eigenvalue weighted by molar-refractivity contribution is -0.145. The molecule has 1 aromatic heterocycles. The maximum Gasteiger partial charge on any atom is 0.220 e. The lowest BCUT2D eigenvalue weighted by atomic mass is 9.54. The van der Waals surface area contributed by atoms with E-state index < -0.39 is 0 Å². The fourth-order valence-corrected chi connectivity index (χ4v) is 5.55. The zero-order valence-corrected chi connectivity index (χ0v) is 13.2. The number of rotatable bonds is 4. The number of amides is 1. The maximum atomic E-state index is 12.3. The summed E-state index contributed by atoms with van der Waals surface area (Å²) >= 11 is 1.70. The predicted octanol–water partition coefficient (Wildman–Crippen LogP) is 3.14. The Hall–Kier alpha value is -0.870.